The lowest BCUT2D eigenvalue weighted by Crippen LogP contribution is -2.52. The first-order chi connectivity index (χ1) is 16.6. The molecule has 198 valence electrons. The van der Waals surface area contributed by atoms with Gasteiger partial charge in [0.05, 0.1) is 28.9 Å². The van der Waals surface area contributed by atoms with Gasteiger partial charge in [-0.1, -0.05) is 0 Å². The summed E-state index contributed by atoms with van der Waals surface area (Å²) in [4.78, 5) is 36.6. The van der Waals surface area contributed by atoms with Crippen LogP contribution in [0.25, 0.3) is 0 Å². The Morgan fingerprint density at radius 3 is 1.64 bits per heavy atom. The van der Waals surface area contributed by atoms with Crippen molar-refractivity contribution >= 4 is 23.6 Å². The molecule has 2 aliphatic rings. The molecule has 0 saturated carbocycles. The lowest BCUT2D eigenvalue weighted by Gasteiger charge is -2.39. The highest BCUT2D eigenvalue weighted by atomic mass is 16.6. The van der Waals surface area contributed by atoms with Crippen molar-refractivity contribution in [3.63, 3.8) is 0 Å². The Labute approximate surface area is 209 Å². The Morgan fingerprint density at radius 2 is 1.31 bits per heavy atom. The molecule has 2 N–H and O–H groups in total. The van der Waals surface area contributed by atoms with E-state index in [1.165, 1.54) is 17.1 Å². The molecule has 4 heterocycles. The van der Waals surface area contributed by atoms with Gasteiger partial charge in [0.25, 0.3) is 0 Å². The summed E-state index contributed by atoms with van der Waals surface area (Å²) in [5.74, 6) is 0. The second-order valence-electron chi connectivity index (χ2n) is 10.8. The Hall–Kier alpha value is -3.84. The summed E-state index contributed by atoms with van der Waals surface area (Å²) in [5, 5.41) is 18.6. The molecule has 2 saturated heterocycles. The van der Waals surface area contributed by atoms with E-state index in [9.17, 15) is 19.7 Å². The van der Waals surface area contributed by atoms with Crippen LogP contribution in [0.2, 0.25) is 0 Å². The van der Waals surface area contributed by atoms with Crippen LogP contribution < -0.4 is 5.73 Å². The fraction of sp³-hybridized carbons (Fsp3) is 0.636. The molecule has 0 spiro atoms. The van der Waals surface area contributed by atoms with E-state index in [0.29, 0.717) is 31.9 Å². The van der Waals surface area contributed by atoms with Gasteiger partial charge in [-0.2, -0.15) is 10.2 Å². The molecule has 0 atom stereocenters. The highest BCUT2D eigenvalue weighted by Gasteiger charge is 2.36. The predicted octanol–water partition coefficient (Wildman–Crippen LogP) is 2.84. The lowest BCUT2D eigenvalue weighted by atomic mass is 10.1. The summed E-state index contributed by atoms with van der Waals surface area (Å²) in [6.07, 6.45) is 5.32. The summed E-state index contributed by atoms with van der Waals surface area (Å²) in [6.45, 7) is 13.1. The molecule has 2 amide bonds. The average molecular weight is 507 g/mol. The molecule has 2 fully saturated rings. The van der Waals surface area contributed by atoms with Gasteiger partial charge in [-0.25, -0.2) is 9.59 Å². The van der Waals surface area contributed by atoms with Crippen LogP contribution in [-0.2, 0) is 9.47 Å². The van der Waals surface area contributed by atoms with Crippen LogP contribution in [0.5, 0.6) is 0 Å². The molecular formula is C22H34N8O6. The predicted molar refractivity (Wildman–Crippen MR) is 129 cm³/mol. The maximum Gasteiger partial charge on any atom is 0.410 e. The highest BCUT2D eigenvalue weighted by molar-refractivity contribution is 5.69. The summed E-state index contributed by atoms with van der Waals surface area (Å²) >= 11 is 0. The first-order valence-corrected chi connectivity index (χ1v) is 11.6. The Morgan fingerprint density at radius 1 is 0.889 bits per heavy atom. The zero-order valence-electron chi connectivity index (χ0n) is 21.4. The van der Waals surface area contributed by atoms with E-state index in [1.54, 1.807) is 47.6 Å². The van der Waals surface area contributed by atoms with E-state index < -0.39 is 16.1 Å². The number of ether oxygens (including phenoxy) is 2. The molecule has 2 aromatic rings. The molecule has 2 aliphatic heterocycles. The standard InChI is InChI=1S/C11H16N4O4.C11H18N4O2/c1-11(2,3)19-10(16)13-5-9(6-13)14-7-8(4-12-14)15(17)18;1-11(2,3)17-10(16)14-6-9(7-14)15-5-8(12)4-13-15/h4,7,9H,5-6H2,1-3H3;4-5,9H,6-7,12H2,1-3H3. The normalized spacial score (nSPS) is 16.4. The Kier molecular flexibility index (Phi) is 7.46. The van der Waals surface area contributed by atoms with E-state index in [1.807, 2.05) is 20.8 Å². The van der Waals surface area contributed by atoms with Gasteiger partial charge in [0.15, 0.2) is 0 Å². The first kappa shape index (κ1) is 26.8. The van der Waals surface area contributed by atoms with Crippen LogP contribution in [0.1, 0.15) is 53.6 Å². The van der Waals surface area contributed by atoms with Gasteiger partial charge < -0.3 is 25.0 Å². The topological polar surface area (TPSA) is 164 Å². The maximum absolute atomic E-state index is 11.7. The van der Waals surface area contributed by atoms with Crippen molar-refractivity contribution in [2.45, 2.75) is 64.8 Å². The monoisotopic (exact) mass is 506 g/mol. The number of nitrogens with zero attached hydrogens (tertiary/aromatic N) is 7. The lowest BCUT2D eigenvalue weighted by molar-refractivity contribution is -0.385. The maximum atomic E-state index is 11.7. The van der Waals surface area contributed by atoms with E-state index in [0.717, 1.165) is 0 Å². The molecule has 4 rings (SSSR count). The van der Waals surface area contributed by atoms with Crippen LogP contribution in [0, 0.1) is 10.1 Å². The minimum atomic E-state index is -0.521. The van der Waals surface area contributed by atoms with Crippen molar-refractivity contribution in [1.82, 2.24) is 29.4 Å². The van der Waals surface area contributed by atoms with E-state index in [-0.39, 0.29) is 30.0 Å². The van der Waals surface area contributed by atoms with Gasteiger partial charge in [-0.15, -0.1) is 0 Å². The largest absolute Gasteiger partial charge is 0.444 e. The van der Waals surface area contributed by atoms with Crippen molar-refractivity contribution in [2.75, 3.05) is 31.9 Å². The van der Waals surface area contributed by atoms with E-state index >= 15 is 0 Å². The molecular weight excluding hydrogens is 472 g/mol. The molecule has 0 radical (unpaired) electrons. The molecule has 0 aromatic carbocycles. The van der Waals surface area contributed by atoms with Crippen molar-refractivity contribution in [3.05, 3.63) is 34.9 Å². The number of nitrogens with two attached hydrogens (primary N) is 1. The number of amides is 2. The molecule has 36 heavy (non-hydrogen) atoms. The third kappa shape index (κ3) is 7.09. The molecule has 2 aromatic heterocycles. The second-order valence-corrected chi connectivity index (χ2v) is 10.8. The molecule has 14 nitrogen and oxygen atoms in total. The van der Waals surface area contributed by atoms with Crippen LogP contribution in [0.3, 0.4) is 0 Å². The summed E-state index contributed by atoms with van der Waals surface area (Å²) in [5.41, 5.74) is 5.21. The Balaban J connectivity index is 0.000000202. The van der Waals surface area contributed by atoms with Crippen molar-refractivity contribution in [3.8, 4) is 0 Å². The van der Waals surface area contributed by atoms with Gasteiger partial charge in [0, 0.05) is 32.4 Å². The summed E-state index contributed by atoms with van der Waals surface area (Å²) in [6, 6.07) is 0.182. The van der Waals surface area contributed by atoms with Crippen LogP contribution in [-0.4, -0.2) is 83.9 Å². The van der Waals surface area contributed by atoms with E-state index in [2.05, 4.69) is 10.2 Å². The number of hydrogen-bond donors (Lipinski definition) is 1. The van der Waals surface area contributed by atoms with E-state index in [4.69, 9.17) is 15.2 Å². The van der Waals surface area contributed by atoms with Gasteiger partial charge in [-0.05, 0) is 41.5 Å². The number of nitrogen functional groups attached to an aromatic ring is 1. The first-order valence-electron chi connectivity index (χ1n) is 11.6. The van der Waals surface area contributed by atoms with Crippen molar-refractivity contribution < 1.29 is 24.0 Å². The van der Waals surface area contributed by atoms with Crippen LogP contribution in [0.4, 0.5) is 21.0 Å². The van der Waals surface area contributed by atoms with Gasteiger partial charge in [0.1, 0.15) is 23.6 Å². The SMILES string of the molecule is CC(C)(C)OC(=O)N1CC(n2cc(N)cn2)C1.CC(C)(C)OC(=O)N1CC(n2cc([N+](=O)[O-])cn2)C1. The average Bonchev–Trinajstić information content (AvgIpc) is 3.26. The summed E-state index contributed by atoms with van der Waals surface area (Å²) < 4.78 is 13.8. The van der Waals surface area contributed by atoms with Gasteiger partial charge in [-0.3, -0.25) is 19.5 Å². The molecule has 0 bridgehead atoms. The number of hydrogen-bond acceptors (Lipinski definition) is 9. The number of carbonyl (C=O) groups excluding carboxylic acids is 2. The second kappa shape index (κ2) is 10.0. The van der Waals surface area contributed by atoms with Gasteiger partial charge in [0.2, 0.25) is 0 Å². The number of rotatable bonds is 3. The fourth-order valence-electron chi connectivity index (χ4n) is 3.37. The zero-order chi connectivity index (χ0) is 26.8. The van der Waals surface area contributed by atoms with Crippen molar-refractivity contribution in [1.29, 1.82) is 0 Å². The third-order valence-electron chi connectivity index (χ3n) is 5.20. The number of aromatic nitrogens is 4. The molecule has 0 unspecified atom stereocenters. The summed E-state index contributed by atoms with van der Waals surface area (Å²) in [7, 11) is 0. The highest BCUT2D eigenvalue weighted by Crippen LogP contribution is 2.25. The minimum Gasteiger partial charge on any atom is -0.444 e. The molecule has 0 aliphatic carbocycles. The van der Waals surface area contributed by atoms with Gasteiger partial charge >= 0.3 is 17.9 Å². The number of nitro groups is 1. The Bertz CT molecular complexity index is 1090. The fourth-order valence-corrected chi connectivity index (χ4v) is 3.37. The zero-order valence-corrected chi connectivity index (χ0v) is 21.4. The van der Waals surface area contributed by atoms with Crippen LogP contribution in [0.15, 0.2) is 24.8 Å². The molecule has 14 heteroatoms. The minimum absolute atomic E-state index is 0.0266. The van der Waals surface area contributed by atoms with Crippen LogP contribution >= 0.6 is 0 Å². The quantitative estimate of drug-likeness (QED) is 0.487. The van der Waals surface area contributed by atoms with Crippen molar-refractivity contribution in [2.24, 2.45) is 0 Å². The third-order valence-corrected chi connectivity index (χ3v) is 5.20. The number of carbonyl (C=O) groups is 2. The smallest absolute Gasteiger partial charge is 0.410 e. The number of likely N-dealkylation sites (tertiary alicyclic amines) is 2. The number of anilines is 1.